The Morgan fingerprint density at radius 3 is 2.22 bits per heavy atom. The molecule has 0 aliphatic heterocycles. The van der Waals surface area contributed by atoms with Gasteiger partial charge < -0.3 is 14.0 Å². The van der Waals surface area contributed by atoms with Gasteiger partial charge in [-0.25, -0.2) is 13.0 Å². The van der Waals surface area contributed by atoms with Crippen LogP contribution in [0.4, 0.5) is 0 Å². The van der Waals surface area contributed by atoms with Crippen molar-refractivity contribution in [3.63, 3.8) is 0 Å². The lowest BCUT2D eigenvalue weighted by Gasteiger charge is -2.15. The summed E-state index contributed by atoms with van der Waals surface area (Å²) in [6, 6.07) is 8.17. The SMILES string of the molecule is COc1c(-c2cccc(OC(C)C)c2)c[n+](C)cc1C(C)C.O=S(=O)([O-])O. The summed E-state index contributed by atoms with van der Waals surface area (Å²) in [6.07, 6.45) is 4.39. The number of nitrogens with zero attached hydrogens (tertiary/aromatic N) is 1. The molecule has 0 amide bonds. The molecular weight excluding hydrogens is 370 g/mol. The number of benzene rings is 1. The molecule has 2 aromatic rings. The van der Waals surface area contributed by atoms with Gasteiger partial charge in [-0.3, -0.25) is 4.55 Å². The van der Waals surface area contributed by atoms with Crippen LogP contribution in [0.15, 0.2) is 36.7 Å². The molecule has 27 heavy (non-hydrogen) atoms. The van der Waals surface area contributed by atoms with E-state index in [4.69, 9.17) is 27.0 Å². The molecule has 0 unspecified atom stereocenters. The van der Waals surface area contributed by atoms with E-state index in [0.717, 1.165) is 22.6 Å². The molecule has 0 saturated carbocycles. The number of methoxy groups -OCH3 is 1. The number of aryl methyl sites for hydroxylation is 1. The van der Waals surface area contributed by atoms with Crippen LogP contribution < -0.4 is 14.0 Å². The standard InChI is InChI=1S/C19H26NO2.H2O4S/c1-13(2)17-11-20(5)12-18(19(17)21-6)15-8-7-9-16(10-15)22-14(3)4;1-5(2,3)4/h7-14H,1-6H3;(H2,1,2,3,4)/q+1;/p-1. The third-order valence-corrected chi connectivity index (χ3v) is 3.53. The number of pyridine rings is 1. The van der Waals surface area contributed by atoms with Gasteiger partial charge in [0, 0.05) is 0 Å². The zero-order valence-electron chi connectivity index (χ0n) is 16.5. The fourth-order valence-electron chi connectivity index (χ4n) is 2.59. The molecule has 0 atom stereocenters. The van der Waals surface area contributed by atoms with Crippen molar-refractivity contribution in [1.82, 2.24) is 0 Å². The van der Waals surface area contributed by atoms with Gasteiger partial charge in [0.1, 0.15) is 18.5 Å². The minimum atomic E-state index is -4.92. The van der Waals surface area contributed by atoms with Crippen LogP contribution in [0, 0.1) is 0 Å². The number of hydrogen-bond acceptors (Lipinski definition) is 5. The molecule has 0 bridgehead atoms. The fourth-order valence-corrected chi connectivity index (χ4v) is 2.59. The Hall–Kier alpha value is -2.16. The van der Waals surface area contributed by atoms with E-state index in [2.05, 4.69) is 42.9 Å². The van der Waals surface area contributed by atoms with E-state index in [0.29, 0.717) is 5.92 Å². The number of rotatable bonds is 5. The van der Waals surface area contributed by atoms with Gasteiger partial charge in [-0.15, -0.1) is 0 Å². The van der Waals surface area contributed by atoms with Gasteiger partial charge in [0.15, 0.2) is 12.4 Å². The lowest BCUT2D eigenvalue weighted by molar-refractivity contribution is -0.671. The molecular formula is C19H27NO6S. The minimum Gasteiger partial charge on any atom is -0.726 e. The van der Waals surface area contributed by atoms with Crippen molar-refractivity contribution in [1.29, 1.82) is 0 Å². The molecule has 1 aromatic heterocycles. The van der Waals surface area contributed by atoms with Gasteiger partial charge >= 0.3 is 0 Å². The van der Waals surface area contributed by atoms with Crippen LogP contribution in [0.1, 0.15) is 39.2 Å². The summed E-state index contributed by atoms with van der Waals surface area (Å²) in [7, 11) is -1.14. The van der Waals surface area contributed by atoms with Crippen molar-refractivity contribution < 1.29 is 31.6 Å². The maximum atomic E-state index is 8.63. The molecule has 150 valence electrons. The molecule has 0 saturated heterocycles. The van der Waals surface area contributed by atoms with Crippen molar-refractivity contribution in [3.05, 3.63) is 42.2 Å². The maximum Gasteiger partial charge on any atom is 0.215 e. The molecule has 1 N–H and O–H groups in total. The van der Waals surface area contributed by atoms with Gasteiger partial charge in [-0.05, 0) is 37.5 Å². The molecule has 0 aliphatic rings. The first kappa shape index (κ1) is 22.9. The summed E-state index contributed by atoms with van der Waals surface area (Å²) in [5.41, 5.74) is 3.40. The van der Waals surface area contributed by atoms with E-state index in [9.17, 15) is 0 Å². The van der Waals surface area contributed by atoms with Crippen LogP contribution in [0.2, 0.25) is 0 Å². The van der Waals surface area contributed by atoms with E-state index in [1.165, 1.54) is 5.56 Å². The summed E-state index contributed by atoms with van der Waals surface area (Å²) in [5, 5.41) is 0. The van der Waals surface area contributed by atoms with Gasteiger partial charge in [0.05, 0.1) is 24.3 Å². The van der Waals surface area contributed by atoms with Crippen LogP contribution >= 0.6 is 0 Å². The highest BCUT2D eigenvalue weighted by Gasteiger charge is 2.19. The lowest BCUT2D eigenvalue weighted by atomic mass is 9.98. The highest BCUT2D eigenvalue weighted by atomic mass is 32.3. The molecule has 8 heteroatoms. The van der Waals surface area contributed by atoms with Crippen LogP contribution in [0.25, 0.3) is 11.1 Å². The average molecular weight is 397 g/mol. The third kappa shape index (κ3) is 7.94. The zero-order valence-corrected chi connectivity index (χ0v) is 17.3. The van der Waals surface area contributed by atoms with Crippen molar-refractivity contribution in [2.45, 2.75) is 39.7 Å². The van der Waals surface area contributed by atoms with Crippen molar-refractivity contribution >= 4 is 10.4 Å². The predicted octanol–water partition coefficient (Wildman–Crippen LogP) is 3.10. The fraction of sp³-hybridized carbons (Fsp3) is 0.421. The Labute approximate surface area is 161 Å². The summed E-state index contributed by atoms with van der Waals surface area (Å²) >= 11 is 0. The van der Waals surface area contributed by atoms with E-state index in [1.54, 1.807) is 7.11 Å². The Morgan fingerprint density at radius 2 is 1.74 bits per heavy atom. The van der Waals surface area contributed by atoms with Gasteiger partial charge in [-0.1, -0.05) is 26.0 Å². The summed E-state index contributed by atoms with van der Waals surface area (Å²) in [4.78, 5) is 0. The predicted molar refractivity (Wildman–Crippen MR) is 102 cm³/mol. The van der Waals surface area contributed by atoms with Gasteiger partial charge in [0.25, 0.3) is 0 Å². The first-order valence-corrected chi connectivity index (χ1v) is 9.81. The monoisotopic (exact) mass is 397 g/mol. The second kappa shape index (κ2) is 9.68. The van der Waals surface area contributed by atoms with Crippen molar-refractivity contribution in [2.24, 2.45) is 7.05 Å². The summed E-state index contributed by atoms with van der Waals surface area (Å²) in [5.74, 6) is 2.22. The number of ether oxygens (including phenoxy) is 2. The Balaban J connectivity index is 0.000000646. The number of aromatic nitrogens is 1. The largest absolute Gasteiger partial charge is 0.726 e. The van der Waals surface area contributed by atoms with Gasteiger partial charge in [0.2, 0.25) is 10.4 Å². The van der Waals surface area contributed by atoms with Crippen LogP contribution in [0.5, 0.6) is 11.5 Å². The molecule has 0 spiro atoms. The highest BCUT2D eigenvalue weighted by Crippen LogP contribution is 2.36. The second-order valence-electron chi connectivity index (χ2n) is 6.60. The van der Waals surface area contributed by atoms with Crippen LogP contribution in [-0.2, 0) is 17.4 Å². The van der Waals surface area contributed by atoms with Crippen LogP contribution in [-0.4, -0.2) is 30.7 Å². The third-order valence-electron chi connectivity index (χ3n) is 3.53. The Morgan fingerprint density at radius 1 is 1.15 bits per heavy atom. The summed E-state index contributed by atoms with van der Waals surface area (Å²) < 4.78 is 46.4. The van der Waals surface area contributed by atoms with Crippen molar-refractivity contribution in [2.75, 3.05) is 7.11 Å². The molecule has 1 aromatic carbocycles. The molecule has 7 nitrogen and oxygen atoms in total. The Bertz CT molecular complexity index is 854. The number of hydrogen-bond donors (Lipinski definition) is 1. The van der Waals surface area contributed by atoms with Crippen molar-refractivity contribution in [3.8, 4) is 22.6 Å². The zero-order chi connectivity index (χ0) is 20.8. The first-order chi connectivity index (χ1) is 12.4. The average Bonchev–Trinajstić information content (AvgIpc) is 2.52. The van der Waals surface area contributed by atoms with E-state index in [1.807, 2.05) is 33.0 Å². The van der Waals surface area contributed by atoms with Crippen LogP contribution in [0.3, 0.4) is 0 Å². The highest BCUT2D eigenvalue weighted by molar-refractivity contribution is 7.79. The lowest BCUT2D eigenvalue weighted by Crippen LogP contribution is -2.28. The normalized spacial score (nSPS) is 11.2. The summed E-state index contributed by atoms with van der Waals surface area (Å²) in [6.45, 7) is 8.43. The quantitative estimate of drug-likeness (QED) is 0.473. The smallest absolute Gasteiger partial charge is 0.215 e. The van der Waals surface area contributed by atoms with E-state index >= 15 is 0 Å². The maximum absolute atomic E-state index is 8.63. The molecule has 0 fully saturated rings. The topological polar surface area (TPSA) is 99.8 Å². The van der Waals surface area contributed by atoms with Gasteiger partial charge in [-0.2, -0.15) is 0 Å². The Kier molecular flexibility index (Phi) is 8.20. The molecule has 0 radical (unpaired) electrons. The molecule has 2 rings (SSSR count). The minimum absolute atomic E-state index is 0.162. The van der Waals surface area contributed by atoms with E-state index < -0.39 is 10.4 Å². The van der Waals surface area contributed by atoms with E-state index in [-0.39, 0.29) is 6.10 Å². The molecule has 1 heterocycles. The second-order valence-corrected chi connectivity index (χ2v) is 7.46. The first-order valence-electron chi connectivity index (χ1n) is 8.45. The molecule has 0 aliphatic carbocycles.